The van der Waals surface area contributed by atoms with Gasteiger partial charge in [-0.05, 0) is 36.6 Å². The second-order valence-corrected chi connectivity index (χ2v) is 5.78. The van der Waals surface area contributed by atoms with Crippen molar-refractivity contribution in [2.75, 3.05) is 19.1 Å². The smallest absolute Gasteiger partial charge is 0.328 e. The predicted octanol–water partition coefficient (Wildman–Crippen LogP) is 3.02. The van der Waals surface area contributed by atoms with E-state index < -0.39 is 17.9 Å². The van der Waals surface area contributed by atoms with Crippen molar-refractivity contribution in [3.8, 4) is 0 Å². The van der Waals surface area contributed by atoms with Crippen LogP contribution in [0.4, 0.5) is 0 Å². The molecule has 0 bridgehead atoms. The molecular formula is C13H15Cl2NO3S. The van der Waals surface area contributed by atoms with Gasteiger partial charge in [0, 0.05) is 5.02 Å². The lowest BCUT2D eigenvalue weighted by Crippen LogP contribution is -2.42. The van der Waals surface area contributed by atoms with Gasteiger partial charge in [-0.25, -0.2) is 4.79 Å². The fourth-order valence-corrected chi connectivity index (χ4v) is 2.50. The van der Waals surface area contributed by atoms with Crippen molar-refractivity contribution in [1.29, 1.82) is 0 Å². The summed E-state index contributed by atoms with van der Waals surface area (Å²) in [6.07, 6.45) is 2.41. The molecule has 0 saturated carbocycles. The molecule has 1 aromatic rings. The first kappa shape index (κ1) is 17.1. The Balaban J connectivity index is 2.81. The van der Waals surface area contributed by atoms with Crippen molar-refractivity contribution in [3.05, 3.63) is 33.8 Å². The van der Waals surface area contributed by atoms with Gasteiger partial charge >= 0.3 is 5.97 Å². The number of hydrogen-bond acceptors (Lipinski definition) is 4. The van der Waals surface area contributed by atoms with Crippen molar-refractivity contribution in [1.82, 2.24) is 5.32 Å². The minimum Gasteiger partial charge on any atom is -0.467 e. The fraction of sp³-hybridized carbons (Fsp3) is 0.385. The highest BCUT2D eigenvalue weighted by atomic mass is 35.5. The van der Waals surface area contributed by atoms with Gasteiger partial charge < -0.3 is 10.1 Å². The maximum atomic E-state index is 12.1. The number of ether oxygens (including phenoxy) is 1. The minimum absolute atomic E-state index is 0.239. The quantitative estimate of drug-likeness (QED) is 0.812. The number of benzene rings is 1. The molecule has 0 saturated heterocycles. The van der Waals surface area contributed by atoms with Gasteiger partial charge in [-0.15, -0.1) is 0 Å². The first-order valence-electron chi connectivity index (χ1n) is 5.82. The number of amides is 1. The molecule has 110 valence electrons. The van der Waals surface area contributed by atoms with E-state index in [1.165, 1.54) is 19.2 Å². The molecule has 0 aliphatic carbocycles. The van der Waals surface area contributed by atoms with Crippen LogP contribution in [0, 0.1) is 0 Å². The van der Waals surface area contributed by atoms with Crippen LogP contribution in [-0.2, 0) is 9.53 Å². The third-order valence-corrected chi connectivity index (χ3v) is 3.77. The van der Waals surface area contributed by atoms with Gasteiger partial charge in [-0.3, -0.25) is 4.79 Å². The van der Waals surface area contributed by atoms with Gasteiger partial charge in [0.15, 0.2) is 0 Å². The summed E-state index contributed by atoms with van der Waals surface area (Å²) in [5, 5.41) is 3.31. The summed E-state index contributed by atoms with van der Waals surface area (Å²) < 4.78 is 4.68. The highest BCUT2D eigenvalue weighted by Gasteiger charge is 2.22. The molecule has 0 radical (unpaired) electrons. The molecule has 1 atom stereocenters. The van der Waals surface area contributed by atoms with Crippen molar-refractivity contribution in [2.45, 2.75) is 12.5 Å². The number of hydrogen-bond donors (Lipinski definition) is 1. The average molecular weight is 336 g/mol. The number of thioether (sulfide) groups is 1. The Bertz CT molecular complexity index is 497. The molecular weight excluding hydrogens is 321 g/mol. The molecule has 0 fully saturated rings. The Morgan fingerprint density at radius 1 is 1.40 bits per heavy atom. The Morgan fingerprint density at radius 3 is 2.65 bits per heavy atom. The SMILES string of the molecule is COC(=O)C(CCSC)NC(=O)c1ccc(Cl)cc1Cl. The van der Waals surface area contributed by atoms with Gasteiger partial charge in [-0.2, -0.15) is 11.8 Å². The van der Waals surface area contributed by atoms with Crippen molar-refractivity contribution < 1.29 is 14.3 Å². The van der Waals surface area contributed by atoms with E-state index in [0.717, 1.165) is 5.75 Å². The summed E-state index contributed by atoms with van der Waals surface area (Å²) in [5.74, 6) is -0.172. The Kier molecular flexibility index (Phi) is 7.19. The van der Waals surface area contributed by atoms with E-state index >= 15 is 0 Å². The Hall–Kier alpha value is -0.910. The molecule has 0 aromatic heterocycles. The van der Waals surface area contributed by atoms with Crippen molar-refractivity contribution in [2.24, 2.45) is 0 Å². The van der Waals surface area contributed by atoms with Gasteiger partial charge in [0.1, 0.15) is 6.04 Å². The average Bonchev–Trinajstić information content (AvgIpc) is 2.42. The van der Waals surface area contributed by atoms with E-state index in [2.05, 4.69) is 10.1 Å². The number of carbonyl (C=O) groups is 2. The molecule has 4 nitrogen and oxygen atoms in total. The summed E-state index contributed by atoms with van der Waals surface area (Å²) in [5.41, 5.74) is 0.272. The number of carbonyl (C=O) groups excluding carboxylic acids is 2. The van der Waals surface area contributed by atoms with Crippen LogP contribution in [-0.4, -0.2) is 37.0 Å². The lowest BCUT2D eigenvalue weighted by molar-refractivity contribution is -0.142. The van der Waals surface area contributed by atoms with Crippen LogP contribution in [0.1, 0.15) is 16.8 Å². The molecule has 1 N–H and O–H groups in total. The Labute approximate surface area is 132 Å². The first-order valence-corrected chi connectivity index (χ1v) is 7.97. The molecule has 20 heavy (non-hydrogen) atoms. The molecule has 1 rings (SSSR count). The summed E-state index contributed by atoms with van der Waals surface area (Å²) >= 11 is 13.3. The third-order valence-electron chi connectivity index (χ3n) is 2.58. The third kappa shape index (κ3) is 4.89. The normalized spacial score (nSPS) is 11.8. The van der Waals surface area contributed by atoms with Gasteiger partial charge in [0.25, 0.3) is 5.91 Å². The van der Waals surface area contributed by atoms with E-state index in [0.29, 0.717) is 11.4 Å². The zero-order valence-electron chi connectivity index (χ0n) is 11.1. The van der Waals surface area contributed by atoms with E-state index in [1.54, 1.807) is 17.8 Å². The second kappa shape index (κ2) is 8.39. The number of methoxy groups -OCH3 is 1. The Morgan fingerprint density at radius 2 is 2.10 bits per heavy atom. The van der Waals surface area contributed by atoms with Crippen LogP contribution >= 0.6 is 35.0 Å². The molecule has 0 aliphatic heterocycles. The maximum Gasteiger partial charge on any atom is 0.328 e. The summed E-state index contributed by atoms with van der Waals surface area (Å²) in [6, 6.07) is 3.87. The highest BCUT2D eigenvalue weighted by molar-refractivity contribution is 7.98. The highest BCUT2D eigenvalue weighted by Crippen LogP contribution is 2.21. The standard InChI is InChI=1S/C13H15Cl2NO3S/c1-19-13(18)11(5-6-20-2)16-12(17)9-4-3-8(14)7-10(9)15/h3-4,7,11H,5-6H2,1-2H3,(H,16,17). The van der Waals surface area contributed by atoms with E-state index in [9.17, 15) is 9.59 Å². The molecule has 1 unspecified atom stereocenters. The van der Waals surface area contributed by atoms with Crippen molar-refractivity contribution >= 4 is 46.8 Å². The zero-order chi connectivity index (χ0) is 15.1. The minimum atomic E-state index is -0.688. The summed E-state index contributed by atoms with van der Waals surface area (Å²) in [4.78, 5) is 23.7. The lowest BCUT2D eigenvalue weighted by Gasteiger charge is -2.16. The molecule has 1 amide bonds. The van der Waals surface area contributed by atoms with Crippen LogP contribution in [0.25, 0.3) is 0 Å². The molecule has 0 heterocycles. The fourth-order valence-electron chi connectivity index (χ4n) is 1.54. The van der Waals surface area contributed by atoms with E-state index in [-0.39, 0.29) is 10.6 Å². The summed E-state index contributed by atoms with van der Waals surface area (Å²) in [7, 11) is 1.29. The van der Waals surface area contributed by atoms with Gasteiger partial charge in [0.05, 0.1) is 17.7 Å². The molecule has 7 heteroatoms. The first-order chi connectivity index (χ1) is 9.49. The predicted molar refractivity (Wildman–Crippen MR) is 82.7 cm³/mol. The van der Waals surface area contributed by atoms with Crippen LogP contribution in [0.5, 0.6) is 0 Å². The van der Waals surface area contributed by atoms with Crippen LogP contribution in [0.2, 0.25) is 10.0 Å². The monoisotopic (exact) mass is 335 g/mol. The summed E-state index contributed by atoms with van der Waals surface area (Å²) in [6.45, 7) is 0. The lowest BCUT2D eigenvalue weighted by atomic mass is 10.1. The van der Waals surface area contributed by atoms with Gasteiger partial charge in [-0.1, -0.05) is 23.2 Å². The molecule has 1 aromatic carbocycles. The number of rotatable bonds is 6. The number of nitrogens with one attached hydrogen (secondary N) is 1. The zero-order valence-corrected chi connectivity index (χ0v) is 13.4. The van der Waals surface area contributed by atoms with Crippen LogP contribution in [0.15, 0.2) is 18.2 Å². The van der Waals surface area contributed by atoms with Gasteiger partial charge in [0.2, 0.25) is 0 Å². The second-order valence-electron chi connectivity index (χ2n) is 3.95. The van der Waals surface area contributed by atoms with E-state index in [4.69, 9.17) is 23.2 Å². The topological polar surface area (TPSA) is 55.4 Å². The van der Waals surface area contributed by atoms with E-state index in [1.807, 2.05) is 6.26 Å². The van der Waals surface area contributed by atoms with Crippen LogP contribution in [0.3, 0.4) is 0 Å². The number of halogens is 2. The number of esters is 1. The maximum absolute atomic E-state index is 12.1. The van der Waals surface area contributed by atoms with Crippen molar-refractivity contribution in [3.63, 3.8) is 0 Å². The largest absolute Gasteiger partial charge is 0.467 e. The molecule has 0 spiro atoms. The van der Waals surface area contributed by atoms with Crippen LogP contribution < -0.4 is 5.32 Å². The molecule has 0 aliphatic rings.